The van der Waals surface area contributed by atoms with Crippen LogP contribution < -0.4 is 68.4 Å². The summed E-state index contributed by atoms with van der Waals surface area (Å²) in [6, 6.07) is 0. The van der Waals surface area contributed by atoms with Crippen molar-refractivity contribution in [1.82, 2.24) is 0 Å². The van der Waals surface area contributed by atoms with Crippen LogP contribution in [0.2, 0.25) is 0 Å². The van der Waals surface area contributed by atoms with E-state index in [0.29, 0.717) is 0 Å². The fourth-order valence-electron chi connectivity index (χ4n) is 0. The molecular weight excluding hydrogens is 343 g/mol. The zero-order valence-corrected chi connectivity index (χ0v) is 15.5. The Morgan fingerprint density at radius 2 is 0.556 bits per heavy atom. The average molecular weight is 359 g/mol. The third-order valence-corrected chi connectivity index (χ3v) is 0. The summed E-state index contributed by atoms with van der Waals surface area (Å²) in [6.07, 6.45) is 0. The van der Waals surface area contributed by atoms with E-state index in [1.54, 1.807) is 0 Å². The van der Waals surface area contributed by atoms with Gasteiger partial charge >= 0.3 is 51.4 Å². The third kappa shape index (κ3) is 272000000. The third-order valence-electron chi connectivity index (χ3n) is 0. The van der Waals surface area contributed by atoms with Crippen LogP contribution in [0.25, 0.3) is 0 Å². The summed E-state index contributed by atoms with van der Waals surface area (Å²) in [6.45, 7) is 4.33. The Hall–Kier alpha value is -0.00364. The number of hydrogen-bond donors (Lipinski definition) is 4. The van der Waals surface area contributed by atoms with Crippen LogP contribution in [-0.4, -0.2) is 44.3 Å². The predicted octanol–water partition coefficient (Wildman–Crippen LogP) is -5.63. The predicted molar refractivity (Wildman–Crippen MR) is 53.2 cm³/mol. The molecule has 0 amide bonds. The first-order chi connectivity index (χ1) is 6.93. The SMILES string of the molecule is CC(=O)O.CC(=O)O.CC(=O)O.CC(=O)O.[Br-].[K+]. The number of halogens is 1. The van der Waals surface area contributed by atoms with Gasteiger partial charge in [0.15, 0.2) is 0 Å². The summed E-state index contributed by atoms with van der Waals surface area (Å²) in [5, 5.41) is 29.7. The first kappa shape index (κ1) is 36.1. The average Bonchev–Trinajstić information content (AvgIpc) is 1.76. The van der Waals surface area contributed by atoms with E-state index in [2.05, 4.69) is 0 Å². The minimum atomic E-state index is -0.833. The van der Waals surface area contributed by atoms with Gasteiger partial charge in [0, 0.05) is 27.7 Å². The molecule has 4 N–H and O–H groups in total. The van der Waals surface area contributed by atoms with Crippen LogP contribution in [0, 0.1) is 0 Å². The van der Waals surface area contributed by atoms with Gasteiger partial charge in [-0.3, -0.25) is 19.2 Å². The van der Waals surface area contributed by atoms with Crippen molar-refractivity contribution in [3.05, 3.63) is 0 Å². The van der Waals surface area contributed by atoms with Gasteiger partial charge in [-0.1, -0.05) is 0 Å². The Morgan fingerprint density at radius 3 is 0.556 bits per heavy atom. The van der Waals surface area contributed by atoms with Crippen LogP contribution in [0.1, 0.15) is 27.7 Å². The standard InChI is InChI=1S/4C2H4O2.BrH.K/c4*1-2(3)4;;/h4*1H3,(H,3,4);1H;/q;;;;;+1/p-1. The molecule has 10 heteroatoms. The maximum absolute atomic E-state index is 9.00. The maximum atomic E-state index is 9.00. The molecule has 0 aromatic heterocycles. The summed E-state index contributed by atoms with van der Waals surface area (Å²) in [7, 11) is 0. The molecule has 0 bridgehead atoms. The van der Waals surface area contributed by atoms with Crippen molar-refractivity contribution in [2.24, 2.45) is 0 Å². The maximum Gasteiger partial charge on any atom is 1.00 e. The zero-order chi connectivity index (χ0) is 14.3. The molecule has 0 fully saturated rings. The van der Waals surface area contributed by atoms with Crippen LogP contribution in [0.4, 0.5) is 0 Å². The molecule has 0 spiro atoms. The van der Waals surface area contributed by atoms with Crippen molar-refractivity contribution in [1.29, 1.82) is 0 Å². The molecular formula is C8H16BrKO8. The monoisotopic (exact) mass is 358 g/mol. The Balaban J connectivity index is -0.0000000257. The van der Waals surface area contributed by atoms with E-state index in [1.807, 2.05) is 0 Å². The minimum absolute atomic E-state index is 0. The van der Waals surface area contributed by atoms with Gasteiger partial charge in [0.05, 0.1) is 0 Å². The van der Waals surface area contributed by atoms with Gasteiger partial charge in [-0.05, 0) is 0 Å². The molecule has 0 aliphatic heterocycles. The smallest absolute Gasteiger partial charge is 1.00 e. The molecule has 0 aromatic carbocycles. The van der Waals surface area contributed by atoms with E-state index in [1.165, 1.54) is 0 Å². The van der Waals surface area contributed by atoms with Gasteiger partial charge in [-0.15, -0.1) is 0 Å². The number of aliphatic carboxylic acids is 4. The topological polar surface area (TPSA) is 149 Å². The van der Waals surface area contributed by atoms with Crippen LogP contribution in [0.3, 0.4) is 0 Å². The molecule has 0 saturated carbocycles. The summed E-state index contributed by atoms with van der Waals surface area (Å²) < 4.78 is 0. The molecule has 0 atom stereocenters. The van der Waals surface area contributed by atoms with Crippen molar-refractivity contribution >= 4 is 23.9 Å². The van der Waals surface area contributed by atoms with E-state index in [0.717, 1.165) is 27.7 Å². The number of hydrogen-bond acceptors (Lipinski definition) is 4. The molecule has 104 valence electrons. The summed E-state index contributed by atoms with van der Waals surface area (Å²) in [4.78, 5) is 36.0. The van der Waals surface area contributed by atoms with Gasteiger partial charge < -0.3 is 37.4 Å². The van der Waals surface area contributed by atoms with Crippen LogP contribution >= 0.6 is 0 Å². The quantitative estimate of drug-likeness (QED) is 0.313. The number of rotatable bonds is 0. The van der Waals surface area contributed by atoms with Gasteiger partial charge in [-0.2, -0.15) is 0 Å². The summed E-state index contributed by atoms with van der Waals surface area (Å²) in [5.74, 6) is -3.33. The molecule has 0 aliphatic rings. The van der Waals surface area contributed by atoms with Crippen molar-refractivity contribution in [2.75, 3.05) is 0 Å². The summed E-state index contributed by atoms with van der Waals surface area (Å²) >= 11 is 0. The van der Waals surface area contributed by atoms with E-state index in [4.69, 9.17) is 39.6 Å². The summed E-state index contributed by atoms with van der Waals surface area (Å²) in [5.41, 5.74) is 0. The molecule has 0 unspecified atom stereocenters. The number of carbonyl (C=O) groups is 4. The molecule has 8 nitrogen and oxygen atoms in total. The van der Waals surface area contributed by atoms with Gasteiger partial charge in [-0.25, -0.2) is 0 Å². The molecule has 0 radical (unpaired) electrons. The Bertz CT molecular complexity index is 167. The molecule has 0 aromatic rings. The van der Waals surface area contributed by atoms with E-state index in [-0.39, 0.29) is 68.4 Å². The molecule has 18 heavy (non-hydrogen) atoms. The second kappa shape index (κ2) is 30.2. The molecule has 0 rings (SSSR count). The second-order valence-electron chi connectivity index (χ2n) is 2.08. The molecule has 0 aliphatic carbocycles. The second-order valence-corrected chi connectivity index (χ2v) is 2.08. The Labute approximate surface area is 158 Å². The van der Waals surface area contributed by atoms with E-state index >= 15 is 0 Å². The van der Waals surface area contributed by atoms with Crippen molar-refractivity contribution in [3.63, 3.8) is 0 Å². The first-order valence-electron chi connectivity index (χ1n) is 3.71. The van der Waals surface area contributed by atoms with Gasteiger partial charge in [0.25, 0.3) is 23.9 Å². The zero-order valence-electron chi connectivity index (χ0n) is 10.8. The van der Waals surface area contributed by atoms with Crippen molar-refractivity contribution in [2.45, 2.75) is 27.7 Å². The van der Waals surface area contributed by atoms with E-state index < -0.39 is 23.9 Å². The Morgan fingerprint density at radius 1 is 0.556 bits per heavy atom. The largest absolute Gasteiger partial charge is 1.00 e. The Kier molecular flexibility index (Phi) is 60.6. The minimum Gasteiger partial charge on any atom is -1.00 e. The fraction of sp³-hybridized carbons (Fsp3) is 0.500. The fourth-order valence-corrected chi connectivity index (χ4v) is 0. The van der Waals surface area contributed by atoms with Crippen LogP contribution in [0.15, 0.2) is 0 Å². The van der Waals surface area contributed by atoms with Gasteiger partial charge in [0.1, 0.15) is 0 Å². The van der Waals surface area contributed by atoms with Crippen molar-refractivity contribution < 1.29 is 108 Å². The number of carboxylic acid groups (broad SMARTS) is 4. The molecule has 0 saturated heterocycles. The van der Waals surface area contributed by atoms with Crippen LogP contribution in [0.5, 0.6) is 0 Å². The van der Waals surface area contributed by atoms with Gasteiger partial charge in [0.2, 0.25) is 0 Å². The van der Waals surface area contributed by atoms with Crippen LogP contribution in [-0.2, 0) is 19.2 Å². The van der Waals surface area contributed by atoms with Crippen molar-refractivity contribution in [3.8, 4) is 0 Å². The molecule has 0 heterocycles. The number of carboxylic acids is 4. The first-order valence-corrected chi connectivity index (χ1v) is 3.71. The van der Waals surface area contributed by atoms with E-state index in [9.17, 15) is 0 Å². The normalized spacial score (nSPS) is 5.56.